The van der Waals surface area contributed by atoms with E-state index in [-0.39, 0.29) is 12.8 Å². The molecule has 6 heteroatoms. The van der Waals surface area contributed by atoms with Crippen LogP contribution in [-0.2, 0) is 24.9 Å². The summed E-state index contributed by atoms with van der Waals surface area (Å²) in [6.07, 6.45) is 1.23. The first kappa shape index (κ1) is 15.9. The van der Waals surface area contributed by atoms with Crippen molar-refractivity contribution in [1.29, 1.82) is 0 Å². The number of hydrogen-bond donors (Lipinski definition) is 1. The maximum absolute atomic E-state index is 12.3. The molecule has 2 saturated heterocycles. The molecule has 3 rings (SSSR count). The highest BCUT2D eigenvalue weighted by Gasteiger charge is 2.53. The van der Waals surface area contributed by atoms with Gasteiger partial charge in [-0.05, 0) is 31.2 Å². The van der Waals surface area contributed by atoms with Gasteiger partial charge in [0.2, 0.25) is 0 Å². The summed E-state index contributed by atoms with van der Waals surface area (Å²) in [6, 6.07) is 7.42. The standard InChI is InChI=1S/C16H22O5S/c1-20-15(21-2)13-5-3-4-6-14(13)16(17)9-11-7-8-12(10-16)22(11,18)19/h3-6,11-12,15,17H,7-10H2,1-2H3. The van der Waals surface area contributed by atoms with Gasteiger partial charge in [0.1, 0.15) is 0 Å². The number of benzene rings is 1. The van der Waals surface area contributed by atoms with Gasteiger partial charge >= 0.3 is 0 Å². The molecule has 0 spiro atoms. The second kappa shape index (κ2) is 5.60. The predicted octanol–water partition coefficient (Wildman–Crippen LogP) is 1.91. The minimum atomic E-state index is -3.07. The van der Waals surface area contributed by atoms with Gasteiger partial charge in [-0.2, -0.15) is 0 Å². The van der Waals surface area contributed by atoms with E-state index < -0.39 is 32.2 Å². The van der Waals surface area contributed by atoms with Gasteiger partial charge in [-0.1, -0.05) is 24.3 Å². The Labute approximate surface area is 131 Å². The van der Waals surface area contributed by atoms with Gasteiger partial charge in [0, 0.05) is 19.8 Å². The normalized spacial score (nSPS) is 33.3. The molecule has 0 saturated carbocycles. The van der Waals surface area contributed by atoms with E-state index in [1.54, 1.807) is 14.2 Å². The highest BCUT2D eigenvalue weighted by molar-refractivity contribution is 7.93. The SMILES string of the molecule is COC(OC)c1ccccc1C1(O)CC2CCC(C1)S2(=O)=O. The predicted molar refractivity (Wildman–Crippen MR) is 82.1 cm³/mol. The van der Waals surface area contributed by atoms with E-state index >= 15 is 0 Å². The Bertz CT molecular complexity index is 630. The summed E-state index contributed by atoms with van der Waals surface area (Å²) < 4.78 is 35.2. The van der Waals surface area contributed by atoms with Gasteiger partial charge in [-0.15, -0.1) is 0 Å². The minimum absolute atomic E-state index is 0.253. The molecule has 2 atom stereocenters. The van der Waals surface area contributed by atoms with Crippen molar-refractivity contribution in [2.24, 2.45) is 0 Å². The average Bonchev–Trinajstić information content (AvgIpc) is 2.67. The molecule has 0 aliphatic carbocycles. The maximum atomic E-state index is 12.3. The zero-order valence-corrected chi connectivity index (χ0v) is 13.7. The molecular weight excluding hydrogens is 304 g/mol. The number of fused-ring (bicyclic) bond motifs is 2. The van der Waals surface area contributed by atoms with Crippen LogP contribution in [0.4, 0.5) is 0 Å². The molecule has 1 aromatic carbocycles. The van der Waals surface area contributed by atoms with Crippen LogP contribution in [0.2, 0.25) is 0 Å². The smallest absolute Gasteiger partial charge is 0.183 e. The molecule has 122 valence electrons. The van der Waals surface area contributed by atoms with Crippen LogP contribution < -0.4 is 0 Å². The Morgan fingerprint density at radius 1 is 1.14 bits per heavy atom. The summed E-state index contributed by atoms with van der Waals surface area (Å²) in [4.78, 5) is 0. The van der Waals surface area contributed by atoms with Crippen molar-refractivity contribution in [3.05, 3.63) is 35.4 Å². The molecule has 0 radical (unpaired) electrons. The van der Waals surface area contributed by atoms with E-state index in [4.69, 9.17) is 9.47 Å². The van der Waals surface area contributed by atoms with Gasteiger partial charge in [-0.25, -0.2) is 8.42 Å². The van der Waals surface area contributed by atoms with Crippen molar-refractivity contribution in [2.45, 2.75) is 48.1 Å². The topological polar surface area (TPSA) is 72.8 Å². The lowest BCUT2D eigenvalue weighted by atomic mass is 9.83. The van der Waals surface area contributed by atoms with Crippen LogP contribution in [-0.4, -0.2) is 38.2 Å². The largest absolute Gasteiger partial charge is 0.385 e. The van der Waals surface area contributed by atoms with Crippen LogP contribution in [0.3, 0.4) is 0 Å². The Kier molecular flexibility index (Phi) is 4.05. The fraction of sp³-hybridized carbons (Fsp3) is 0.625. The minimum Gasteiger partial charge on any atom is -0.385 e. The zero-order valence-electron chi connectivity index (χ0n) is 12.9. The van der Waals surface area contributed by atoms with Gasteiger partial charge in [0.05, 0.1) is 16.1 Å². The molecule has 1 aromatic rings. The van der Waals surface area contributed by atoms with Gasteiger partial charge in [-0.3, -0.25) is 0 Å². The monoisotopic (exact) mass is 326 g/mol. The van der Waals surface area contributed by atoms with Crippen molar-refractivity contribution in [2.75, 3.05) is 14.2 Å². The van der Waals surface area contributed by atoms with Crippen molar-refractivity contribution in [1.82, 2.24) is 0 Å². The highest BCUT2D eigenvalue weighted by atomic mass is 32.2. The van der Waals surface area contributed by atoms with E-state index in [9.17, 15) is 13.5 Å². The molecular formula is C16H22O5S. The molecule has 2 aliphatic heterocycles. The third-order valence-corrected chi connectivity index (χ3v) is 7.68. The molecule has 0 aromatic heterocycles. The van der Waals surface area contributed by atoms with Crippen LogP contribution >= 0.6 is 0 Å². The molecule has 2 unspecified atom stereocenters. The summed E-state index contributed by atoms with van der Waals surface area (Å²) >= 11 is 0. The third-order valence-electron chi connectivity index (χ3n) is 5.01. The fourth-order valence-electron chi connectivity index (χ4n) is 3.94. The van der Waals surface area contributed by atoms with Crippen LogP contribution in [0.5, 0.6) is 0 Å². The lowest BCUT2D eigenvalue weighted by molar-refractivity contribution is -0.109. The highest BCUT2D eigenvalue weighted by Crippen LogP contribution is 2.48. The average molecular weight is 326 g/mol. The van der Waals surface area contributed by atoms with E-state index in [0.717, 1.165) is 11.1 Å². The van der Waals surface area contributed by atoms with Crippen LogP contribution in [0, 0.1) is 0 Å². The van der Waals surface area contributed by atoms with Gasteiger partial charge in [0.25, 0.3) is 0 Å². The van der Waals surface area contributed by atoms with Gasteiger partial charge in [0.15, 0.2) is 16.1 Å². The fourth-order valence-corrected chi connectivity index (χ4v) is 6.43. The van der Waals surface area contributed by atoms with Crippen molar-refractivity contribution in [3.8, 4) is 0 Å². The quantitative estimate of drug-likeness (QED) is 0.856. The Morgan fingerprint density at radius 2 is 1.68 bits per heavy atom. The van der Waals surface area contributed by atoms with Crippen molar-refractivity contribution < 1.29 is 23.0 Å². The van der Waals surface area contributed by atoms with Crippen molar-refractivity contribution in [3.63, 3.8) is 0 Å². The van der Waals surface area contributed by atoms with Crippen LogP contribution in [0.15, 0.2) is 24.3 Å². The van der Waals surface area contributed by atoms with Crippen LogP contribution in [0.1, 0.15) is 43.1 Å². The maximum Gasteiger partial charge on any atom is 0.183 e. The summed E-state index contributed by atoms with van der Waals surface area (Å²) in [7, 11) is 0.0165. The van der Waals surface area contributed by atoms with Gasteiger partial charge < -0.3 is 14.6 Å². The second-order valence-electron chi connectivity index (χ2n) is 6.24. The summed E-state index contributed by atoms with van der Waals surface area (Å²) in [6.45, 7) is 0. The second-order valence-corrected chi connectivity index (χ2v) is 8.75. The summed E-state index contributed by atoms with van der Waals surface area (Å²) in [5, 5.41) is 10.3. The molecule has 0 amide bonds. The first-order chi connectivity index (χ1) is 10.4. The summed E-state index contributed by atoms with van der Waals surface area (Å²) in [5.74, 6) is 0. The lowest BCUT2D eigenvalue weighted by Gasteiger charge is -2.38. The van der Waals surface area contributed by atoms with E-state index in [1.807, 2.05) is 24.3 Å². The molecule has 2 fully saturated rings. The number of aliphatic hydroxyl groups is 1. The first-order valence-electron chi connectivity index (χ1n) is 7.52. The van der Waals surface area contributed by atoms with E-state index in [1.165, 1.54) is 0 Å². The first-order valence-corrected chi connectivity index (χ1v) is 9.13. The van der Waals surface area contributed by atoms with E-state index in [0.29, 0.717) is 12.8 Å². The molecule has 22 heavy (non-hydrogen) atoms. The van der Waals surface area contributed by atoms with Crippen LogP contribution in [0.25, 0.3) is 0 Å². The molecule has 1 N–H and O–H groups in total. The third kappa shape index (κ3) is 2.38. The molecule has 2 bridgehead atoms. The number of hydrogen-bond acceptors (Lipinski definition) is 5. The Morgan fingerprint density at radius 3 is 2.23 bits per heavy atom. The number of rotatable bonds is 4. The number of methoxy groups -OCH3 is 2. The zero-order chi connectivity index (χ0) is 16.0. The summed E-state index contributed by atoms with van der Waals surface area (Å²) in [5.41, 5.74) is 0.340. The number of sulfone groups is 1. The number of ether oxygens (including phenoxy) is 2. The van der Waals surface area contributed by atoms with Crippen molar-refractivity contribution >= 4 is 9.84 Å². The molecule has 2 heterocycles. The molecule has 5 nitrogen and oxygen atoms in total. The lowest BCUT2D eigenvalue weighted by Crippen LogP contribution is -2.43. The Balaban J connectivity index is 2.02. The van der Waals surface area contributed by atoms with E-state index in [2.05, 4.69) is 0 Å². The Hall–Kier alpha value is -0.950. The molecule has 2 aliphatic rings.